The number of fused-ring (bicyclic) bond motifs is 4. The van der Waals surface area contributed by atoms with E-state index in [1.807, 2.05) is 38.1 Å². The lowest BCUT2D eigenvalue weighted by Crippen LogP contribution is -2.37. The Morgan fingerprint density at radius 3 is 2.73 bits per heavy atom. The largest absolute Gasteiger partial charge is 0.379 e. The molecule has 3 aromatic heterocycles. The molecular weight excluding hydrogens is 398 g/mol. The molecule has 1 aliphatic rings. The highest BCUT2D eigenvalue weighted by Crippen LogP contribution is 2.29. The van der Waals surface area contributed by atoms with Crippen molar-refractivity contribution in [3.05, 3.63) is 45.1 Å². The number of morpholine rings is 1. The first-order valence-electron chi connectivity index (χ1n) is 10.4. The second-order valence-electron chi connectivity index (χ2n) is 7.74. The van der Waals surface area contributed by atoms with Gasteiger partial charge in [0.25, 0.3) is 5.56 Å². The molecule has 0 amide bonds. The fourth-order valence-corrected chi connectivity index (χ4v) is 5.08. The first kappa shape index (κ1) is 19.4. The maximum Gasteiger partial charge on any atom is 0.283 e. The third-order valence-electron chi connectivity index (χ3n) is 5.85. The number of aromatic nitrogens is 3. The van der Waals surface area contributed by atoms with Gasteiger partial charge in [0.1, 0.15) is 4.83 Å². The van der Waals surface area contributed by atoms with E-state index in [0.717, 1.165) is 77.7 Å². The Morgan fingerprint density at radius 2 is 1.93 bits per heavy atom. The van der Waals surface area contributed by atoms with Crippen molar-refractivity contribution in [3.63, 3.8) is 0 Å². The van der Waals surface area contributed by atoms with E-state index < -0.39 is 0 Å². The molecule has 1 aliphatic heterocycles. The van der Waals surface area contributed by atoms with Crippen molar-refractivity contribution in [2.24, 2.45) is 0 Å². The van der Waals surface area contributed by atoms with Gasteiger partial charge in [-0.25, -0.2) is 4.98 Å². The Hall–Kier alpha value is -2.55. The van der Waals surface area contributed by atoms with Gasteiger partial charge in [0, 0.05) is 35.3 Å². The van der Waals surface area contributed by atoms with Crippen LogP contribution in [-0.4, -0.2) is 58.9 Å². The van der Waals surface area contributed by atoms with Crippen LogP contribution in [0.1, 0.15) is 16.9 Å². The van der Waals surface area contributed by atoms with Crippen LogP contribution in [0.3, 0.4) is 0 Å². The third kappa shape index (κ3) is 3.34. The van der Waals surface area contributed by atoms with Crippen molar-refractivity contribution in [2.45, 2.75) is 20.3 Å². The minimum Gasteiger partial charge on any atom is -0.379 e. The Balaban J connectivity index is 1.52. The molecule has 0 radical (unpaired) electrons. The normalized spacial score (nSPS) is 15.4. The van der Waals surface area contributed by atoms with Crippen LogP contribution in [0.4, 0.5) is 5.82 Å². The summed E-state index contributed by atoms with van der Waals surface area (Å²) in [5.74, 6) is 0.730. The number of hydrogen-bond acceptors (Lipinski definition) is 7. The van der Waals surface area contributed by atoms with Crippen LogP contribution in [0.5, 0.6) is 0 Å². The monoisotopic (exact) mass is 423 g/mol. The second kappa shape index (κ2) is 7.94. The lowest BCUT2D eigenvalue weighted by Gasteiger charge is -2.26. The Kier molecular flexibility index (Phi) is 5.14. The zero-order valence-electron chi connectivity index (χ0n) is 17.3. The molecule has 5 rings (SSSR count). The molecule has 1 saturated heterocycles. The van der Waals surface area contributed by atoms with Crippen LogP contribution in [-0.2, 0) is 4.74 Å². The number of thiophene rings is 1. The molecule has 1 fully saturated rings. The highest BCUT2D eigenvalue weighted by molar-refractivity contribution is 7.18. The fraction of sp³-hybridized carbons (Fsp3) is 0.409. The number of ether oxygens (including phenoxy) is 1. The summed E-state index contributed by atoms with van der Waals surface area (Å²) in [4.78, 5) is 22.4. The van der Waals surface area contributed by atoms with E-state index in [1.165, 1.54) is 4.52 Å². The molecule has 0 bridgehead atoms. The summed E-state index contributed by atoms with van der Waals surface area (Å²) in [6.07, 6.45) is 1.00. The van der Waals surface area contributed by atoms with Crippen LogP contribution in [0.2, 0.25) is 0 Å². The van der Waals surface area contributed by atoms with Crippen molar-refractivity contribution < 1.29 is 4.74 Å². The van der Waals surface area contributed by atoms with Gasteiger partial charge in [0.2, 0.25) is 0 Å². The minimum atomic E-state index is -0.0982. The lowest BCUT2D eigenvalue weighted by atomic mass is 10.1. The van der Waals surface area contributed by atoms with Gasteiger partial charge < -0.3 is 10.1 Å². The fourth-order valence-electron chi connectivity index (χ4n) is 4.06. The zero-order chi connectivity index (χ0) is 20.7. The average Bonchev–Trinajstić information content (AvgIpc) is 3.06. The van der Waals surface area contributed by atoms with Gasteiger partial charge in [-0.1, -0.05) is 24.3 Å². The number of rotatable bonds is 5. The van der Waals surface area contributed by atoms with Crippen molar-refractivity contribution in [3.8, 4) is 0 Å². The molecule has 4 heterocycles. The van der Waals surface area contributed by atoms with Crippen LogP contribution >= 0.6 is 11.3 Å². The van der Waals surface area contributed by atoms with E-state index in [2.05, 4.69) is 15.3 Å². The molecule has 8 heteroatoms. The Labute approximate surface area is 178 Å². The molecule has 7 nitrogen and oxygen atoms in total. The SMILES string of the molecule is Cc1sc2nc3c4ccccc4c(NCCCN4CCOCC4)nn3c(=O)c2c1C. The molecule has 0 atom stereocenters. The summed E-state index contributed by atoms with van der Waals surface area (Å²) < 4.78 is 6.88. The van der Waals surface area contributed by atoms with Gasteiger partial charge in [-0.05, 0) is 32.4 Å². The number of nitrogens with zero attached hydrogens (tertiary/aromatic N) is 4. The average molecular weight is 424 g/mol. The van der Waals surface area contributed by atoms with E-state index in [9.17, 15) is 4.79 Å². The first-order chi connectivity index (χ1) is 14.6. The topological polar surface area (TPSA) is 71.8 Å². The van der Waals surface area contributed by atoms with Crippen LogP contribution < -0.4 is 10.9 Å². The van der Waals surface area contributed by atoms with Crippen LogP contribution in [0, 0.1) is 13.8 Å². The molecule has 156 valence electrons. The van der Waals surface area contributed by atoms with Crippen LogP contribution in [0.15, 0.2) is 29.1 Å². The van der Waals surface area contributed by atoms with Gasteiger partial charge in [0.05, 0.1) is 18.6 Å². The van der Waals surface area contributed by atoms with Gasteiger partial charge in [0.15, 0.2) is 11.5 Å². The van der Waals surface area contributed by atoms with E-state index in [1.54, 1.807) is 11.3 Å². The molecule has 4 aromatic rings. The summed E-state index contributed by atoms with van der Waals surface area (Å²) in [5, 5.41) is 10.7. The lowest BCUT2D eigenvalue weighted by molar-refractivity contribution is 0.0378. The highest BCUT2D eigenvalue weighted by Gasteiger charge is 2.17. The zero-order valence-corrected chi connectivity index (χ0v) is 18.1. The van der Waals surface area contributed by atoms with Gasteiger partial charge >= 0.3 is 0 Å². The van der Waals surface area contributed by atoms with Crippen LogP contribution in [0.25, 0.3) is 26.6 Å². The maximum absolute atomic E-state index is 13.3. The molecule has 0 saturated carbocycles. The maximum atomic E-state index is 13.3. The minimum absolute atomic E-state index is 0.0982. The predicted octanol–water partition coefficient (Wildman–Crippen LogP) is 3.21. The molecular formula is C22H25N5O2S. The van der Waals surface area contributed by atoms with Crippen molar-refractivity contribution >= 4 is 43.8 Å². The number of aryl methyl sites for hydroxylation is 2. The standard InChI is InChI=1S/C22H25N5O2S/c1-14-15(2)30-21-18(14)22(28)27-20(24-21)17-7-4-3-6-16(17)19(25-27)23-8-5-9-26-10-12-29-13-11-26/h3-4,6-7H,5,8-13H2,1-2H3,(H,23,25). The van der Waals surface area contributed by atoms with Gasteiger partial charge in [-0.3, -0.25) is 9.69 Å². The Morgan fingerprint density at radius 1 is 1.17 bits per heavy atom. The van der Waals surface area contributed by atoms with E-state index >= 15 is 0 Å². The first-order valence-corrected chi connectivity index (χ1v) is 11.2. The number of anilines is 1. The summed E-state index contributed by atoms with van der Waals surface area (Å²) in [6.45, 7) is 9.45. The molecule has 1 N–H and O–H groups in total. The highest BCUT2D eigenvalue weighted by atomic mass is 32.1. The van der Waals surface area contributed by atoms with E-state index in [4.69, 9.17) is 9.72 Å². The van der Waals surface area contributed by atoms with E-state index in [0.29, 0.717) is 11.0 Å². The molecule has 0 unspecified atom stereocenters. The smallest absolute Gasteiger partial charge is 0.283 e. The summed E-state index contributed by atoms with van der Waals surface area (Å²) in [5.41, 5.74) is 1.51. The quantitative estimate of drug-likeness (QED) is 0.393. The molecule has 1 aromatic carbocycles. The number of nitrogens with one attached hydrogen (secondary N) is 1. The Bertz CT molecular complexity index is 1290. The van der Waals surface area contributed by atoms with Crippen molar-refractivity contribution in [1.29, 1.82) is 0 Å². The number of hydrogen-bond donors (Lipinski definition) is 1. The molecule has 0 spiro atoms. The predicted molar refractivity (Wildman–Crippen MR) is 122 cm³/mol. The van der Waals surface area contributed by atoms with Crippen molar-refractivity contribution in [2.75, 3.05) is 44.7 Å². The van der Waals surface area contributed by atoms with Crippen molar-refractivity contribution in [1.82, 2.24) is 19.5 Å². The second-order valence-corrected chi connectivity index (χ2v) is 8.95. The molecule has 30 heavy (non-hydrogen) atoms. The summed E-state index contributed by atoms with van der Waals surface area (Å²) in [7, 11) is 0. The van der Waals surface area contributed by atoms with Gasteiger partial charge in [-0.2, -0.15) is 4.52 Å². The summed E-state index contributed by atoms with van der Waals surface area (Å²) >= 11 is 1.57. The number of benzene rings is 1. The summed E-state index contributed by atoms with van der Waals surface area (Å²) in [6, 6.07) is 8.02. The third-order valence-corrected chi connectivity index (χ3v) is 6.95. The van der Waals surface area contributed by atoms with E-state index in [-0.39, 0.29) is 5.56 Å². The van der Waals surface area contributed by atoms with Gasteiger partial charge in [-0.15, -0.1) is 16.4 Å². The molecule has 0 aliphatic carbocycles.